The van der Waals surface area contributed by atoms with Crippen molar-refractivity contribution in [3.63, 3.8) is 0 Å². The third kappa shape index (κ3) is 2.30. The summed E-state index contributed by atoms with van der Waals surface area (Å²) in [6.45, 7) is 2.15. The van der Waals surface area contributed by atoms with Crippen molar-refractivity contribution in [1.29, 1.82) is 0 Å². The predicted molar refractivity (Wildman–Crippen MR) is 85.5 cm³/mol. The standard InChI is InChI=1S/C18H23BrO/c1-11-6-16-9-14(4-5-18(16)20-11)17(19)10-15-8-12-2-3-13(15)7-12/h4-5,9,11-13,15,17H,2-3,6-8,10H2,1H3. The number of benzene rings is 1. The van der Waals surface area contributed by atoms with Crippen molar-refractivity contribution >= 4 is 15.9 Å². The van der Waals surface area contributed by atoms with Gasteiger partial charge < -0.3 is 4.74 Å². The van der Waals surface area contributed by atoms with E-state index in [4.69, 9.17) is 4.74 Å². The molecule has 108 valence electrons. The first-order valence-electron chi connectivity index (χ1n) is 8.12. The van der Waals surface area contributed by atoms with E-state index in [1.807, 2.05) is 0 Å². The molecule has 1 aromatic carbocycles. The Morgan fingerprint density at radius 1 is 1.30 bits per heavy atom. The smallest absolute Gasteiger partial charge is 0.123 e. The molecule has 0 N–H and O–H groups in total. The van der Waals surface area contributed by atoms with Crippen LogP contribution in [-0.4, -0.2) is 6.10 Å². The SMILES string of the molecule is CC1Cc2cc(C(Br)CC3CC4CCC3C4)ccc2O1. The molecular formula is C18H23BrO. The minimum Gasteiger partial charge on any atom is -0.490 e. The van der Waals surface area contributed by atoms with Gasteiger partial charge >= 0.3 is 0 Å². The van der Waals surface area contributed by atoms with Crippen molar-refractivity contribution in [2.75, 3.05) is 0 Å². The van der Waals surface area contributed by atoms with Gasteiger partial charge in [0.2, 0.25) is 0 Å². The van der Waals surface area contributed by atoms with Crippen LogP contribution < -0.4 is 4.74 Å². The maximum Gasteiger partial charge on any atom is 0.123 e. The summed E-state index contributed by atoms with van der Waals surface area (Å²) in [5, 5.41) is 0. The van der Waals surface area contributed by atoms with Gasteiger partial charge in [-0.15, -0.1) is 0 Å². The van der Waals surface area contributed by atoms with Crippen LogP contribution in [0, 0.1) is 17.8 Å². The number of halogens is 1. The van der Waals surface area contributed by atoms with Crippen molar-refractivity contribution in [3.05, 3.63) is 29.3 Å². The minimum atomic E-state index is 0.347. The molecule has 1 nitrogen and oxygen atoms in total. The molecule has 5 unspecified atom stereocenters. The number of hydrogen-bond acceptors (Lipinski definition) is 1. The lowest BCUT2D eigenvalue weighted by molar-refractivity contribution is 0.254. The van der Waals surface area contributed by atoms with Crippen molar-refractivity contribution in [1.82, 2.24) is 0 Å². The summed E-state index contributed by atoms with van der Waals surface area (Å²) in [5.41, 5.74) is 2.84. The van der Waals surface area contributed by atoms with E-state index in [0.717, 1.165) is 29.9 Å². The highest BCUT2D eigenvalue weighted by atomic mass is 79.9. The van der Waals surface area contributed by atoms with Gasteiger partial charge in [-0.3, -0.25) is 0 Å². The first-order valence-corrected chi connectivity index (χ1v) is 9.04. The van der Waals surface area contributed by atoms with E-state index in [0.29, 0.717) is 10.9 Å². The third-order valence-corrected chi connectivity index (χ3v) is 6.58. The van der Waals surface area contributed by atoms with Crippen LogP contribution in [0.25, 0.3) is 0 Å². The minimum absolute atomic E-state index is 0.347. The van der Waals surface area contributed by atoms with Gasteiger partial charge in [0, 0.05) is 11.2 Å². The second-order valence-electron chi connectivity index (χ2n) is 7.14. The fourth-order valence-corrected chi connectivity index (χ4v) is 5.47. The van der Waals surface area contributed by atoms with Gasteiger partial charge in [0.25, 0.3) is 0 Å². The predicted octanol–water partition coefficient (Wildman–Crippen LogP) is 5.27. The molecule has 0 amide bonds. The summed E-state index contributed by atoms with van der Waals surface area (Å²) >= 11 is 3.95. The Kier molecular flexibility index (Phi) is 3.33. The quantitative estimate of drug-likeness (QED) is 0.684. The summed E-state index contributed by atoms with van der Waals surface area (Å²) in [4.78, 5) is 0.521. The third-order valence-electron chi connectivity index (χ3n) is 5.68. The summed E-state index contributed by atoms with van der Waals surface area (Å²) in [5.74, 6) is 4.14. The van der Waals surface area contributed by atoms with Crippen LogP contribution in [0.15, 0.2) is 18.2 Å². The zero-order valence-corrected chi connectivity index (χ0v) is 13.7. The highest BCUT2D eigenvalue weighted by Gasteiger charge is 2.40. The van der Waals surface area contributed by atoms with E-state index in [1.165, 1.54) is 43.2 Å². The largest absolute Gasteiger partial charge is 0.490 e. The van der Waals surface area contributed by atoms with Crippen molar-refractivity contribution in [2.45, 2.75) is 56.4 Å². The average Bonchev–Trinajstić information content (AvgIpc) is 3.10. The molecule has 0 saturated heterocycles. The molecule has 2 heteroatoms. The van der Waals surface area contributed by atoms with Crippen molar-refractivity contribution in [2.24, 2.45) is 17.8 Å². The van der Waals surface area contributed by atoms with Crippen LogP contribution in [0.3, 0.4) is 0 Å². The van der Waals surface area contributed by atoms with Crippen LogP contribution in [-0.2, 0) is 6.42 Å². The van der Waals surface area contributed by atoms with Crippen LogP contribution in [0.5, 0.6) is 5.75 Å². The zero-order valence-electron chi connectivity index (χ0n) is 12.1. The van der Waals surface area contributed by atoms with E-state index in [-0.39, 0.29) is 0 Å². The lowest BCUT2D eigenvalue weighted by Gasteiger charge is -2.24. The summed E-state index contributed by atoms with van der Waals surface area (Å²) in [7, 11) is 0. The summed E-state index contributed by atoms with van der Waals surface area (Å²) in [6.07, 6.45) is 8.72. The highest BCUT2D eigenvalue weighted by Crippen LogP contribution is 2.52. The molecule has 2 fully saturated rings. The monoisotopic (exact) mass is 334 g/mol. The first kappa shape index (κ1) is 13.2. The maximum absolute atomic E-state index is 5.80. The molecule has 1 aliphatic heterocycles. The fraction of sp³-hybridized carbons (Fsp3) is 0.667. The zero-order chi connectivity index (χ0) is 13.7. The van der Waals surface area contributed by atoms with Gasteiger partial charge in [0.15, 0.2) is 0 Å². The lowest BCUT2D eigenvalue weighted by Crippen LogP contribution is -2.12. The Labute approximate surface area is 130 Å². The molecule has 0 radical (unpaired) electrons. The van der Waals surface area contributed by atoms with Gasteiger partial charge in [0.1, 0.15) is 11.9 Å². The number of rotatable bonds is 3. The second-order valence-corrected chi connectivity index (χ2v) is 8.24. The number of alkyl halides is 1. The van der Waals surface area contributed by atoms with Gasteiger partial charge in [-0.25, -0.2) is 0 Å². The fourth-order valence-electron chi connectivity index (χ4n) is 4.70. The Morgan fingerprint density at radius 2 is 2.20 bits per heavy atom. The van der Waals surface area contributed by atoms with Crippen LogP contribution in [0.2, 0.25) is 0 Å². The number of hydrogen-bond donors (Lipinski definition) is 0. The molecule has 5 atom stereocenters. The second kappa shape index (κ2) is 5.05. The lowest BCUT2D eigenvalue weighted by atomic mass is 9.84. The van der Waals surface area contributed by atoms with Gasteiger partial charge in [-0.1, -0.05) is 34.5 Å². The van der Waals surface area contributed by atoms with Crippen LogP contribution >= 0.6 is 15.9 Å². The Bertz CT molecular complexity index is 512. The summed E-state index contributed by atoms with van der Waals surface area (Å²) < 4.78 is 5.80. The highest BCUT2D eigenvalue weighted by molar-refractivity contribution is 9.09. The molecule has 3 aliphatic rings. The molecule has 2 aliphatic carbocycles. The topological polar surface area (TPSA) is 9.23 Å². The van der Waals surface area contributed by atoms with Crippen LogP contribution in [0.1, 0.15) is 55.0 Å². The van der Waals surface area contributed by atoms with Crippen molar-refractivity contribution in [3.8, 4) is 5.75 Å². The Hall–Kier alpha value is -0.500. The molecule has 20 heavy (non-hydrogen) atoms. The molecular weight excluding hydrogens is 312 g/mol. The van der Waals surface area contributed by atoms with Gasteiger partial charge in [0.05, 0.1) is 0 Å². The maximum atomic E-state index is 5.80. The average molecular weight is 335 g/mol. The van der Waals surface area contributed by atoms with E-state index in [9.17, 15) is 0 Å². The van der Waals surface area contributed by atoms with Crippen LogP contribution in [0.4, 0.5) is 0 Å². The van der Waals surface area contributed by atoms with E-state index >= 15 is 0 Å². The van der Waals surface area contributed by atoms with E-state index in [1.54, 1.807) is 0 Å². The number of fused-ring (bicyclic) bond motifs is 3. The Morgan fingerprint density at radius 3 is 2.95 bits per heavy atom. The van der Waals surface area contributed by atoms with Gasteiger partial charge in [-0.2, -0.15) is 0 Å². The molecule has 1 heterocycles. The molecule has 1 aromatic rings. The first-order chi connectivity index (χ1) is 9.69. The Balaban J connectivity index is 1.46. The molecule has 0 aromatic heterocycles. The van der Waals surface area contributed by atoms with Crippen molar-refractivity contribution < 1.29 is 4.74 Å². The normalized spacial score (nSPS) is 35.9. The molecule has 2 bridgehead atoms. The summed E-state index contributed by atoms with van der Waals surface area (Å²) in [6, 6.07) is 6.79. The molecule has 4 rings (SSSR count). The number of ether oxygens (including phenoxy) is 1. The molecule has 2 saturated carbocycles. The van der Waals surface area contributed by atoms with Gasteiger partial charge in [-0.05, 0) is 67.6 Å². The van der Waals surface area contributed by atoms with E-state index in [2.05, 4.69) is 41.1 Å². The van der Waals surface area contributed by atoms with E-state index < -0.39 is 0 Å². The molecule has 0 spiro atoms.